The SMILES string of the molecule is CC(=O)N1Cc2ccccc2C2(C1)SC(c1cc(F)ccc1F)=NN2C(C)=O.CC(=O)N1N=C(c2cc(F)ccc2F)SC12CN(C)Cc1ccccc12.N[C@H](C(=O)N1N=C(c2cc(F)ccc2F)SC12CCCc1ccccc12)C1CC1. The van der Waals surface area contributed by atoms with E-state index < -0.39 is 55.6 Å². The number of hydrogen-bond acceptors (Lipinski definition) is 12. The van der Waals surface area contributed by atoms with Crippen LogP contribution in [-0.2, 0) is 53.3 Å². The van der Waals surface area contributed by atoms with Crippen molar-refractivity contribution in [3.63, 3.8) is 0 Å². The molecule has 0 saturated heterocycles. The fourth-order valence-electron chi connectivity index (χ4n) is 11.5. The number of likely N-dealkylation sites (N-methyl/N-ethyl adjacent to an activating group) is 1. The van der Waals surface area contributed by atoms with Gasteiger partial charge in [0.15, 0.2) is 9.74 Å². The highest BCUT2D eigenvalue weighted by atomic mass is 32.2. The largest absolute Gasteiger partial charge is 0.335 e. The molecule has 5 aliphatic heterocycles. The Balaban J connectivity index is 0.000000130. The maximum Gasteiger partial charge on any atom is 0.261 e. The first-order chi connectivity index (χ1) is 39.7. The lowest BCUT2D eigenvalue weighted by molar-refractivity contribution is -0.138. The standard InChI is InChI=1S/C22H21F2N3OS.C20H17F2N3O2S.C19H17F2N3OS/c23-15-9-10-18(24)16(12-15)20-26-27(21(28)19(25)14-7-8-14)22(29-20)11-3-5-13-4-1-2-6-17(13)22;1-12(26)24-10-14-5-3-4-6-17(14)20(11-24)25(13(2)27)23-19(28-20)16-9-15(21)7-8-18(16)22;1-12(25)24-19(11-23(2)10-13-5-3-4-6-16(13)19)26-18(22-24)15-9-14(20)7-8-17(15)21/h1-2,4,6,9-10,12,14,19H,3,5,7-8,11,25H2;3-9H,10-11H2,1-2H3;3-9H,10-11H2,1-2H3/t19-,22?;;/m0../s1. The maximum atomic E-state index is 14.5. The molecule has 5 heterocycles. The molecule has 3 spiro atoms. The molecule has 22 heteroatoms. The monoisotopic (exact) mass is 1190 g/mol. The van der Waals surface area contributed by atoms with E-state index >= 15 is 0 Å². The zero-order valence-electron chi connectivity index (χ0n) is 45.4. The normalized spacial score (nSPS) is 22.6. The summed E-state index contributed by atoms with van der Waals surface area (Å²) in [6, 6.07) is 32.4. The van der Waals surface area contributed by atoms with E-state index in [2.05, 4.69) is 26.3 Å². The van der Waals surface area contributed by atoms with Crippen LogP contribution in [0.2, 0.25) is 0 Å². The number of benzene rings is 6. The minimum atomic E-state index is -1.03. The molecule has 0 aromatic heterocycles. The van der Waals surface area contributed by atoms with E-state index in [4.69, 9.17) is 5.73 Å². The van der Waals surface area contributed by atoms with Crippen LogP contribution in [0.5, 0.6) is 0 Å². The van der Waals surface area contributed by atoms with Gasteiger partial charge >= 0.3 is 0 Å². The Morgan fingerprint density at radius 2 is 0.940 bits per heavy atom. The van der Waals surface area contributed by atoms with Gasteiger partial charge in [-0.3, -0.25) is 24.1 Å². The Bertz CT molecular complexity index is 3740. The van der Waals surface area contributed by atoms with Gasteiger partial charge in [0, 0.05) is 57.1 Å². The fraction of sp³-hybridized carbons (Fsp3) is 0.295. The molecule has 6 aromatic carbocycles. The molecule has 1 fully saturated rings. The quantitative estimate of drug-likeness (QED) is 0.167. The smallest absolute Gasteiger partial charge is 0.261 e. The van der Waals surface area contributed by atoms with Gasteiger partial charge in [-0.15, -0.1) is 0 Å². The summed E-state index contributed by atoms with van der Waals surface area (Å²) in [5, 5.41) is 18.3. The highest BCUT2D eigenvalue weighted by Gasteiger charge is 2.55. The van der Waals surface area contributed by atoms with Crippen molar-refractivity contribution in [2.75, 3.05) is 20.1 Å². The molecular formula is C61H55F6N9O4S3. The Hall–Kier alpha value is -7.24. The summed E-state index contributed by atoms with van der Waals surface area (Å²) in [6.07, 6.45) is 4.35. The van der Waals surface area contributed by atoms with Crippen LogP contribution in [0, 0.1) is 40.8 Å². The van der Waals surface area contributed by atoms with Crippen molar-refractivity contribution in [2.45, 2.75) is 86.6 Å². The molecule has 83 heavy (non-hydrogen) atoms. The third-order valence-corrected chi connectivity index (χ3v) is 19.6. The lowest BCUT2D eigenvalue weighted by atomic mass is 9.86. The Labute approximate surface area is 488 Å². The van der Waals surface area contributed by atoms with Crippen LogP contribution < -0.4 is 5.73 Å². The second kappa shape index (κ2) is 22.7. The molecule has 428 valence electrons. The molecule has 2 aliphatic carbocycles. The zero-order chi connectivity index (χ0) is 58.7. The van der Waals surface area contributed by atoms with Crippen molar-refractivity contribution in [1.82, 2.24) is 24.8 Å². The van der Waals surface area contributed by atoms with Gasteiger partial charge < -0.3 is 10.6 Å². The first-order valence-electron chi connectivity index (χ1n) is 26.8. The van der Waals surface area contributed by atoms with E-state index in [1.54, 1.807) is 4.90 Å². The summed E-state index contributed by atoms with van der Waals surface area (Å²) in [4.78, 5) is 51.5. The van der Waals surface area contributed by atoms with Gasteiger partial charge in [0.25, 0.3) is 5.91 Å². The predicted octanol–water partition coefficient (Wildman–Crippen LogP) is 11.1. The number of carbonyl (C=O) groups is 4. The number of hydrazone groups is 3. The van der Waals surface area contributed by atoms with Crippen LogP contribution in [0.15, 0.2) is 143 Å². The Kier molecular flexibility index (Phi) is 15.8. The number of fused-ring (bicyclic) bond motifs is 6. The molecule has 4 amide bonds. The first-order valence-corrected chi connectivity index (χ1v) is 29.3. The van der Waals surface area contributed by atoms with Gasteiger partial charge in [0.1, 0.15) is 54.9 Å². The van der Waals surface area contributed by atoms with E-state index in [9.17, 15) is 45.5 Å². The van der Waals surface area contributed by atoms with Crippen LogP contribution in [-0.4, -0.2) is 89.8 Å². The highest BCUT2D eigenvalue weighted by molar-refractivity contribution is 8.16. The van der Waals surface area contributed by atoms with E-state index in [1.807, 2.05) is 73.8 Å². The van der Waals surface area contributed by atoms with Crippen molar-refractivity contribution in [3.8, 4) is 0 Å². The average Bonchev–Trinajstić information content (AvgIpc) is 3.34. The maximum absolute atomic E-state index is 14.5. The molecule has 3 unspecified atom stereocenters. The van der Waals surface area contributed by atoms with Crippen LogP contribution in [0.3, 0.4) is 0 Å². The molecule has 13 rings (SSSR count). The number of hydrogen-bond donors (Lipinski definition) is 1. The van der Waals surface area contributed by atoms with Crippen LogP contribution in [0.4, 0.5) is 26.3 Å². The Morgan fingerprint density at radius 3 is 1.40 bits per heavy atom. The first kappa shape index (κ1) is 57.6. The molecule has 1 saturated carbocycles. The topological polar surface area (TPSA) is 148 Å². The van der Waals surface area contributed by atoms with Gasteiger partial charge in [-0.25, -0.2) is 41.4 Å². The highest BCUT2D eigenvalue weighted by Crippen LogP contribution is 2.56. The third-order valence-electron chi connectivity index (χ3n) is 15.5. The van der Waals surface area contributed by atoms with Gasteiger partial charge in [-0.2, -0.15) is 15.3 Å². The number of thioether (sulfide) groups is 3. The summed E-state index contributed by atoms with van der Waals surface area (Å²) in [5.41, 5.74) is 12.3. The molecular weight excluding hydrogens is 1130 g/mol. The molecule has 0 radical (unpaired) electrons. The number of amides is 4. The summed E-state index contributed by atoms with van der Waals surface area (Å²) in [7, 11) is 1.97. The molecule has 4 atom stereocenters. The lowest BCUT2D eigenvalue weighted by Crippen LogP contribution is -2.53. The fourth-order valence-corrected chi connectivity index (χ4v) is 16.0. The lowest BCUT2D eigenvalue weighted by Gasteiger charge is -2.44. The van der Waals surface area contributed by atoms with Gasteiger partial charge in [0.05, 0.1) is 12.6 Å². The van der Waals surface area contributed by atoms with Crippen molar-refractivity contribution in [1.29, 1.82) is 0 Å². The van der Waals surface area contributed by atoms with E-state index in [0.29, 0.717) is 29.6 Å². The molecule has 2 N–H and O–H groups in total. The summed E-state index contributed by atoms with van der Waals surface area (Å²) >= 11 is 3.80. The van der Waals surface area contributed by atoms with Gasteiger partial charge in [-0.05, 0) is 133 Å². The second-order valence-corrected chi connectivity index (χ2v) is 25.1. The van der Waals surface area contributed by atoms with Crippen molar-refractivity contribution < 1.29 is 45.5 Å². The van der Waals surface area contributed by atoms with Crippen LogP contribution in [0.1, 0.15) is 96.5 Å². The number of nitrogens with two attached hydrogens (primary N) is 1. The van der Waals surface area contributed by atoms with Crippen molar-refractivity contribution in [2.24, 2.45) is 27.0 Å². The minimum Gasteiger partial charge on any atom is -0.335 e. The van der Waals surface area contributed by atoms with Gasteiger partial charge in [0.2, 0.25) is 17.7 Å². The van der Waals surface area contributed by atoms with Crippen LogP contribution in [0.25, 0.3) is 0 Å². The van der Waals surface area contributed by atoms with Crippen LogP contribution >= 0.6 is 35.3 Å². The van der Waals surface area contributed by atoms with Gasteiger partial charge in [-0.1, -0.05) is 108 Å². The molecule has 13 nitrogen and oxygen atoms in total. The molecule has 0 bridgehead atoms. The molecule has 7 aliphatic rings. The number of nitrogens with zero attached hydrogens (tertiary/aromatic N) is 8. The van der Waals surface area contributed by atoms with E-state index in [1.165, 1.54) is 59.3 Å². The summed E-state index contributed by atoms with van der Waals surface area (Å²) in [6.45, 7) is 6.19. The third kappa shape index (κ3) is 10.8. The zero-order valence-corrected chi connectivity index (χ0v) is 47.9. The van der Waals surface area contributed by atoms with E-state index in [-0.39, 0.29) is 57.8 Å². The Morgan fingerprint density at radius 1 is 0.530 bits per heavy atom. The second-order valence-electron chi connectivity index (χ2n) is 21.3. The average molecular weight is 1190 g/mol. The molecule has 6 aromatic rings. The number of halogens is 6. The summed E-state index contributed by atoms with van der Waals surface area (Å²) in [5.74, 6) is -4.21. The number of carbonyl (C=O) groups excluding carboxylic acids is 4. The minimum absolute atomic E-state index is 0.00875. The summed E-state index contributed by atoms with van der Waals surface area (Å²) < 4.78 is 84.4. The number of aryl methyl sites for hydroxylation is 1. The van der Waals surface area contributed by atoms with Crippen molar-refractivity contribution in [3.05, 3.63) is 212 Å². The predicted molar refractivity (Wildman–Crippen MR) is 309 cm³/mol. The number of rotatable bonds is 5. The van der Waals surface area contributed by atoms with E-state index in [0.717, 1.165) is 132 Å². The van der Waals surface area contributed by atoms with Crippen molar-refractivity contribution >= 4 is 74.0 Å².